The average Bonchev–Trinajstić information content (AvgIpc) is 2.77. The van der Waals surface area contributed by atoms with Crippen LogP contribution in [0.4, 0.5) is 0 Å². The van der Waals surface area contributed by atoms with Crippen LogP contribution in [0.3, 0.4) is 0 Å². The molecule has 0 saturated carbocycles. The third kappa shape index (κ3) is 1.90. The molecule has 1 amide bonds. The third-order valence-corrected chi connectivity index (χ3v) is 4.11. The second-order valence-electron chi connectivity index (χ2n) is 5.23. The summed E-state index contributed by atoms with van der Waals surface area (Å²) < 4.78 is 11.1. The molecule has 2 aliphatic rings. The highest BCUT2D eigenvalue weighted by molar-refractivity contribution is 6.34. The lowest BCUT2D eigenvalue weighted by molar-refractivity contribution is -0.197. The number of ether oxygens (including phenoxy) is 2. The van der Waals surface area contributed by atoms with Gasteiger partial charge in [-0.2, -0.15) is 0 Å². The first-order valence-corrected chi connectivity index (χ1v) is 7.02. The van der Waals surface area contributed by atoms with E-state index in [-0.39, 0.29) is 5.75 Å². The summed E-state index contributed by atoms with van der Waals surface area (Å²) in [6.45, 7) is 4.18. The van der Waals surface area contributed by atoms with Gasteiger partial charge in [0, 0.05) is 18.6 Å². The van der Waals surface area contributed by atoms with Gasteiger partial charge >= 0.3 is 11.9 Å². The fourth-order valence-electron chi connectivity index (χ4n) is 3.15. The average molecular weight is 291 g/mol. The highest BCUT2D eigenvalue weighted by atomic mass is 16.6. The van der Waals surface area contributed by atoms with Gasteiger partial charge in [-0.15, -0.1) is 0 Å². The molecule has 2 heterocycles. The minimum Gasteiger partial charge on any atom is -0.508 e. The summed E-state index contributed by atoms with van der Waals surface area (Å²) in [7, 11) is 0. The van der Waals surface area contributed by atoms with Crippen molar-refractivity contribution in [2.24, 2.45) is 0 Å². The summed E-state index contributed by atoms with van der Waals surface area (Å²) in [5, 5.41) is 9.66. The molecule has 112 valence electrons. The van der Waals surface area contributed by atoms with E-state index in [1.807, 2.05) is 13.8 Å². The molecule has 1 N–H and O–H groups in total. The molecule has 2 aliphatic heterocycles. The fourth-order valence-corrected chi connectivity index (χ4v) is 3.15. The van der Waals surface area contributed by atoms with Crippen molar-refractivity contribution in [3.05, 3.63) is 29.3 Å². The van der Waals surface area contributed by atoms with E-state index < -0.39 is 23.8 Å². The summed E-state index contributed by atoms with van der Waals surface area (Å²) in [6.07, 6.45) is 0.179. The monoisotopic (exact) mass is 291 g/mol. The third-order valence-electron chi connectivity index (χ3n) is 4.11. The summed E-state index contributed by atoms with van der Waals surface area (Å²) in [4.78, 5) is 25.3. The summed E-state index contributed by atoms with van der Waals surface area (Å²) in [5.41, 5.74) is 0.664. The summed E-state index contributed by atoms with van der Waals surface area (Å²) in [6, 6.07) is 4.89. The molecule has 6 nitrogen and oxygen atoms in total. The number of nitrogens with zero attached hydrogens (tertiary/aromatic N) is 1. The lowest BCUT2D eigenvalue weighted by atomic mass is 9.88. The molecule has 2 atom stereocenters. The predicted octanol–water partition coefficient (Wildman–Crippen LogP) is 1.48. The van der Waals surface area contributed by atoms with Crippen LogP contribution in [0, 0.1) is 0 Å². The molecule has 0 spiro atoms. The van der Waals surface area contributed by atoms with Crippen molar-refractivity contribution in [1.82, 2.24) is 4.90 Å². The number of rotatable bonds is 3. The first kappa shape index (κ1) is 13.9. The number of hydrogen-bond acceptors (Lipinski definition) is 5. The Morgan fingerprint density at radius 3 is 2.86 bits per heavy atom. The van der Waals surface area contributed by atoms with Crippen molar-refractivity contribution in [1.29, 1.82) is 0 Å². The molecule has 6 heteroatoms. The van der Waals surface area contributed by atoms with Crippen molar-refractivity contribution < 1.29 is 24.2 Å². The van der Waals surface area contributed by atoms with Crippen LogP contribution in [0.15, 0.2) is 18.2 Å². The Morgan fingerprint density at radius 2 is 2.19 bits per heavy atom. The standard InChI is InChI=1S/C15H17NO5/c1-3-15(20-4-2)8-9-5-6-10(17)7-11(9)13-16(15)12(18)14(19)21-13/h5-7,13,17H,3-4,8H2,1-2H3. The molecule has 1 aromatic carbocycles. The molecule has 21 heavy (non-hydrogen) atoms. The first-order chi connectivity index (χ1) is 10.0. The van der Waals surface area contributed by atoms with E-state index in [9.17, 15) is 14.7 Å². The number of phenols is 1. The lowest BCUT2D eigenvalue weighted by Crippen LogP contribution is -2.56. The molecular weight excluding hydrogens is 274 g/mol. The smallest absolute Gasteiger partial charge is 0.399 e. The van der Waals surface area contributed by atoms with Gasteiger partial charge in [-0.25, -0.2) is 4.79 Å². The number of benzene rings is 1. The molecule has 0 bridgehead atoms. The molecule has 0 aromatic heterocycles. The molecular formula is C15H17NO5. The number of carbonyl (C=O) groups is 2. The van der Waals surface area contributed by atoms with Crippen LogP contribution in [0.1, 0.15) is 37.6 Å². The Kier molecular flexibility index (Phi) is 3.13. The Balaban J connectivity index is 2.16. The topological polar surface area (TPSA) is 76.1 Å². The van der Waals surface area contributed by atoms with E-state index in [4.69, 9.17) is 9.47 Å². The number of amides is 1. The fraction of sp³-hybridized carbons (Fsp3) is 0.467. The molecule has 0 radical (unpaired) electrons. The van der Waals surface area contributed by atoms with Crippen LogP contribution in [0.5, 0.6) is 5.75 Å². The SMILES string of the molecule is CCOC1(CC)Cc2ccc(O)cc2C2OC(=O)C(=O)N21. The van der Waals surface area contributed by atoms with Crippen molar-refractivity contribution in [2.45, 2.75) is 38.6 Å². The van der Waals surface area contributed by atoms with E-state index in [1.165, 1.54) is 11.0 Å². The quantitative estimate of drug-likeness (QED) is 0.674. The van der Waals surface area contributed by atoms with Crippen molar-refractivity contribution >= 4 is 11.9 Å². The van der Waals surface area contributed by atoms with Gasteiger partial charge in [0.25, 0.3) is 0 Å². The molecule has 0 aliphatic carbocycles. The Bertz CT molecular complexity index is 614. The Morgan fingerprint density at radius 1 is 1.43 bits per heavy atom. The minimum atomic E-state index is -0.882. The summed E-state index contributed by atoms with van der Waals surface area (Å²) >= 11 is 0. The van der Waals surface area contributed by atoms with Gasteiger partial charge in [-0.1, -0.05) is 13.0 Å². The minimum absolute atomic E-state index is 0.0736. The highest BCUT2D eigenvalue weighted by Crippen LogP contribution is 2.45. The number of esters is 1. The largest absolute Gasteiger partial charge is 0.508 e. The van der Waals surface area contributed by atoms with Gasteiger partial charge in [-0.3, -0.25) is 9.69 Å². The normalized spacial score (nSPS) is 27.3. The van der Waals surface area contributed by atoms with E-state index in [2.05, 4.69) is 0 Å². The van der Waals surface area contributed by atoms with E-state index >= 15 is 0 Å². The van der Waals surface area contributed by atoms with Crippen LogP contribution in [0.25, 0.3) is 0 Å². The maximum atomic E-state index is 12.2. The van der Waals surface area contributed by atoms with Crippen LogP contribution >= 0.6 is 0 Å². The molecule has 3 rings (SSSR count). The molecule has 1 fully saturated rings. The van der Waals surface area contributed by atoms with Gasteiger partial charge in [0.2, 0.25) is 6.23 Å². The highest BCUT2D eigenvalue weighted by Gasteiger charge is 2.56. The van der Waals surface area contributed by atoms with Gasteiger partial charge in [0.15, 0.2) is 5.72 Å². The second kappa shape index (κ2) is 4.73. The molecule has 2 unspecified atom stereocenters. The zero-order valence-corrected chi connectivity index (χ0v) is 12.0. The number of hydrogen-bond donors (Lipinski definition) is 1. The zero-order chi connectivity index (χ0) is 15.2. The molecule has 1 aromatic rings. The number of fused-ring (bicyclic) bond motifs is 3. The number of phenolic OH excluding ortho intramolecular Hbond substituents is 1. The van der Waals surface area contributed by atoms with Gasteiger partial charge in [0.1, 0.15) is 5.75 Å². The van der Waals surface area contributed by atoms with Crippen molar-refractivity contribution in [3.8, 4) is 5.75 Å². The molecule has 1 saturated heterocycles. The van der Waals surface area contributed by atoms with E-state index in [1.54, 1.807) is 12.1 Å². The van der Waals surface area contributed by atoms with Crippen LogP contribution in [-0.2, 0) is 25.5 Å². The van der Waals surface area contributed by atoms with Gasteiger partial charge < -0.3 is 14.6 Å². The summed E-state index contributed by atoms with van der Waals surface area (Å²) in [5.74, 6) is -1.50. The van der Waals surface area contributed by atoms with E-state index in [0.29, 0.717) is 25.0 Å². The van der Waals surface area contributed by atoms with Gasteiger partial charge in [0.05, 0.1) is 0 Å². The number of carbonyl (C=O) groups excluding carboxylic acids is 2. The lowest BCUT2D eigenvalue weighted by Gasteiger charge is -2.46. The Hall–Kier alpha value is -2.08. The van der Waals surface area contributed by atoms with Crippen LogP contribution < -0.4 is 0 Å². The van der Waals surface area contributed by atoms with Crippen LogP contribution in [-0.4, -0.2) is 34.2 Å². The zero-order valence-electron chi connectivity index (χ0n) is 12.0. The second-order valence-corrected chi connectivity index (χ2v) is 5.23. The Labute approximate surface area is 122 Å². The van der Waals surface area contributed by atoms with Crippen molar-refractivity contribution in [3.63, 3.8) is 0 Å². The first-order valence-electron chi connectivity index (χ1n) is 7.02. The maximum absolute atomic E-state index is 12.2. The van der Waals surface area contributed by atoms with Crippen molar-refractivity contribution in [2.75, 3.05) is 6.61 Å². The van der Waals surface area contributed by atoms with Crippen LogP contribution in [0.2, 0.25) is 0 Å². The van der Waals surface area contributed by atoms with Gasteiger partial charge in [-0.05, 0) is 31.0 Å². The van der Waals surface area contributed by atoms with E-state index in [0.717, 1.165) is 5.56 Å². The predicted molar refractivity (Wildman–Crippen MR) is 72.1 cm³/mol. The number of aromatic hydroxyl groups is 1. The maximum Gasteiger partial charge on any atom is 0.399 e.